The van der Waals surface area contributed by atoms with E-state index in [1.165, 1.54) is 11.3 Å². The molecule has 1 aliphatic heterocycles. The molecule has 0 saturated carbocycles. The summed E-state index contributed by atoms with van der Waals surface area (Å²) in [6, 6.07) is 10.9. The van der Waals surface area contributed by atoms with Crippen molar-refractivity contribution in [3.05, 3.63) is 47.3 Å². The highest BCUT2D eigenvalue weighted by Crippen LogP contribution is 2.35. The molecule has 0 radical (unpaired) electrons. The highest BCUT2D eigenvalue weighted by Gasteiger charge is 2.15. The number of anilines is 1. The summed E-state index contributed by atoms with van der Waals surface area (Å²) in [5.74, 6) is 1.22. The number of carbonyl (C=O) groups excluding carboxylic acids is 1. The molecule has 0 spiro atoms. The van der Waals surface area contributed by atoms with Gasteiger partial charge in [-0.05, 0) is 36.4 Å². The van der Waals surface area contributed by atoms with Crippen LogP contribution in [0.2, 0.25) is 0 Å². The Morgan fingerprint density at radius 2 is 1.85 bits per heavy atom. The summed E-state index contributed by atoms with van der Waals surface area (Å²) in [4.78, 5) is 17.0. The fraction of sp³-hybridized carbons (Fsp3) is 0.111. The molecule has 5 rings (SSSR count). The van der Waals surface area contributed by atoms with E-state index in [0.717, 1.165) is 34.3 Å². The summed E-state index contributed by atoms with van der Waals surface area (Å²) in [6.07, 6.45) is 0. The molecule has 7 nitrogen and oxygen atoms in total. The first-order chi connectivity index (χ1) is 13.3. The quantitative estimate of drug-likeness (QED) is 0.566. The molecule has 27 heavy (non-hydrogen) atoms. The number of amides is 1. The van der Waals surface area contributed by atoms with Gasteiger partial charge >= 0.3 is 0 Å². The molecule has 0 fully saturated rings. The first-order valence-electron chi connectivity index (χ1n) is 8.15. The molecule has 1 N–H and O–H groups in total. The van der Waals surface area contributed by atoms with Crippen LogP contribution in [0.4, 0.5) is 5.13 Å². The number of nitrogens with zero attached hydrogens (tertiary/aromatic N) is 3. The molecule has 1 aliphatic rings. The molecule has 2 aromatic heterocycles. The Morgan fingerprint density at radius 3 is 2.78 bits per heavy atom. The number of thiazole rings is 1. The molecule has 9 heteroatoms. The summed E-state index contributed by atoms with van der Waals surface area (Å²) in [6.45, 7) is 1.09. The first-order valence-corrected chi connectivity index (χ1v) is 9.76. The fourth-order valence-corrected chi connectivity index (χ4v) is 3.99. The minimum atomic E-state index is -0.229. The van der Waals surface area contributed by atoms with E-state index in [-0.39, 0.29) is 5.91 Å². The second-order valence-corrected chi connectivity index (χ2v) is 7.20. The number of carbonyl (C=O) groups is 1. The third-order valence-corrected chi connectivity index (χ3v) is 5.39. The number of hydrogen-bond donors (Lipinski definition) is 1. The van der Waals surface area contributed by atoms with E-state index in [9.17, 15) is 4.79 Å². The molecule has 134 valence electrons. The van der Waals surface area contributed by atoms with E-state index in [4.69, 9.17) is 9.47 Å². The SMILES string of the molecule is O=C(Nc1nc(-c2ccc3c(c2)OCCO3)cs1)c1ccc2nsnc2c1. The predicted molar refractivity (Wildman–Crippen MR) is 104 cm³/mol. The van der Waals surface area contributed by atoms with Crippen LogP contribution in [-0.4, -0.2) is 32.9 Å². The van der Waals surface area contributed by atoms with E-state index in [1.54, 1.807) is 18.2 Å². The zero-order chi connectivity index (χ0) is 18.2. The largest absolute Gasteiger partial charge is 0.486 e. The van der Waals surface area contributed by atoms with E-state index < -0.39 is 0 Å². The molecule has 0 saturated heterocycles. The number of ether oxygens (including phenoxy) is 2. The van der Waals surface area contributed by atoms with Crippen molar-refractivity contribution in [2.75, 3.05) is 18.5 Å². The average molecular weight is 396 g/mol. The Hall–Kier alpha value is -3.04. The maximum Gasteiger partial charge on any atom is 0.257 e. The number of rotatable bonds is 3. The van der Waals surface area contributed by atoms with Gasteiger partial charge < -0.3 is 9.47 Å². The van der Waals surface area contributed by atoms with Crippen LogP contribution in [0.5, 0.6) is 11.5 Å². The van der Waals surface area contributed by atoms with Crippen LogP contribution in [0.15, 0.2) is 41.8 Å². The Kier molecular flexibility index (Phi) is 3.95. The minimum Gasteiger partial charge on any atom is -0.486 e. The molecular formula is C18H12N4O3S2. The number of hydrogen-bond acceptors (Lipinski definition) is 8. The van der Waals surface area contributed by atoms with E-state index in [1.807, 2.05) is 23.6 Å². The molecule has 3 heterocycles. The van der Waals surface area contributed by atoms with Crippen molar-refractivity contribution in [2.45, 2.75) is 0 Å². The molecule has 0 bridgehead atoms. The summed E-state index contributed by atoms with van der Waals surface area (Å²) in [5, 5.41) is 5.26. The van der Waals surface area contributed by atoms with Gasteiger partial charge in [-0.3, -0.25) is 10.1 Å². The van der Waals surface area contributed by atoms with Gasteiger partial charge in [-0.15, -0.1) is 11.3 Å². The van der Waals surface area contributed by atoms with Crippen molar-refractivity contribution in [2.24, 2.45) is 0 Å². The maximum atomic E-state index is 12.5. The van der Waals surface area contributed by atoms with Crippen molar-refractivity contribution >= 4 is 45.1 Å². The van der Waals surface area contributed by atoms with Gasteiger partial charge in [0.2, 0.25) is 0 Å². The molecule has 0 unspecified atom stereocenters. The molecule has 2 aromatic carbocycles. The van der Waals surface area contributed by atoms with Gasteiger partial charge in [0, 0.05) is 16.5 Å². The van der Waals surface area contributed by atoms with Gasteiger partial charge in [-0.1, -0.05) is 0 Å². The van der Waals surface area contributed by atoms with Crippen LogP contribution in [-0.2, 0) is 0 Å². The number of benzene rings is 2. The standard InChI is InChI=1S/C18H12N4O3S2/c23-17(11-1-3-12-13(7-11)22-27-21-12)20-18-19-14(9-26-18)10-2-4-15-16(8-10)25-6-5-24-15/h1-4,7-9H,5-6H2,(H,19,20,23). The van der Waals surface area contributed by atoms with Gasteiger partial charge in [0.15, 0.2) is 16.6 Å². The van der Waals surface area contributed by atoms with Gasteiger partial charge in [0.05, 0.1) is 17.4 Å². The zero-order valence-electron chi connectivity index (χ0n) is 13.8. The average Bonchev–Trinajstić information content (AvgIpc) is 3.36. The molecule has 0 aliphatic carbocycles. The summed E-state index contributed by atoms with van der Waals surface area (Å²) >= 11 is 2.50. The van der Waals surface area contributed by atoms with Gasteiger partial charge in [-0.2, -0.15) is 8.75 Å². The summed E-state index contributed by atoms with van der Waals surface area (Å²) in [5.41, 5.74) is 3.69. The Morgan fingerprint density at radius 1 is 1.00 bits per heavy atom. The number of nitrogens with one attached hydrogen (secondary N) is 1. The van der Waals surface area contributed by atoms with Crippen molar-refractivity contribution in [1.82, 2.24) is 13.7 Å². The van der Waals surface area contributed by atoms with Crippen LogP contribution in [0, 0.1) is 0 Å². The number of fused-ring (bicyclic) bond motifs is 2. The van der Waals surface area contributed by atoms with E-state index in [0.29, 0.717) is 35.2 Å². The number of aromatic nitrogens is 3. The summed E-state index contributed by atoms with van der Waals surface area (Å²) < 4.78 is 19.5. The molecule has 1 amide bonds. The maximum absolute atomic E-state index is 12.5. The lowest BCUT2D eigenvalue weighted by Gasteiger charge is -2.18. The normalized spacial score (nSPS) is 12.9. The summed E-state index contributed by atoms with van der Waals surface area (Å²) in [7, 11) is 0. The van der Waals surface area contributed by atoms with Crippen molar-refractivity contribution in [3.63, 3.8) is 0 Å². The zero-order valence-corrected chi connectivity index (χ0v) is 15.5. The van der Waals surface area contributed by atoms with Crippen LogP contribution < -0.4 is 14.8 Å². The lowest BCUT2D eigenvalue weighted by atomic mass is 10.1. The van der Waals surface area contributed by atoms with Gasteiger partial charge in [0.1, 0.15) is 24.2 Å². The van der Waals surface area contributed by atoms with E-state index in [2.05, 4.69) is 19.0 Å². The van der Waals surface area contributed by atoms with Gasteiger partial charge in [0.25, 0.3) is 5.91 Å². The Labute approximate surface area is 161 Å². The topological polar surface area (TPSA) is 86.2 Å². The van der Waals surface area contributed by atoms with E-state index >= 15 is 0 Å². The second-order valence-electron chi connectivity index (χ2n) is 5.82. The Bertz CT molecular complexity index is 1150. The van der Waals surface area contributed by atoms with Crippen molar-refractivity contribution in [1.29, 1.82) is 0 Å². The van der Waals surface area contributed by atoms with Gasteiger partial charge in [-0.25, -0.2) is 4.98 Å². The first kappa shape index (κ1) is 16.2. The fourth-order valence-electron chi connectivity index (χ4n) is 2.76. The van der Waals surface area contributed by atoms with Crippen LogP contribution in [0.25, 0.3) is 22.3 Å². The van der Waals surface area contributed by atoms with Crippen LogP contribution in [0.1, 0.15) is 10.4 Å². The molecule has 4 aromatic rings. The monoisotopic (exact) mass is 396 g/mol. The second kappa shape index (κ2) is 6.60. The highest BCUT2D eigenvalue weighted by molar-refractivity contribution is 7.14. The predicted octanol–water partition coefficient (Wildman–Crippen LogP) is 3.84. The third-order valence-electron chi connectivity index (χ3n) is 4.08. The van der Waals surface area contributed by atoms with Crippen molar-refractivity contribution < 1.29 is 14.3 Å². The lowest BCUT2D eigenvalue weighted by molar-refractivity contribution is 0.102. The molecular weight excluding hydrogens is 384 g/mol. The van der Waals surface area contributed by atoms with Crippen LogP contribution >= 0.6 is 23.1 Å². The highest BCUT2D eigenvalue weighted by atomic mass is 32.1. The smallest absolute Gasteiger partial charge is 0.257 e. The molecule has 0 atom stereocenters. The van der Waals surface area contributed by atoms with Crippen LogP contribution in [0.3, 0.4) is 0 Å². The lowest BCUT2D eigenvalue weighted by Crippen LogP contribution is -2.15. The minimum absolute atomic E-state index is 0.229. The third kappa shape index (κ3) is 3.11. The Balaban J connectivity index is 1.36. The van der Waals surface area contributed by atoms with Crippen molar-refractivity contribution in [3.8, 4) is 22.8 Å².